The molecule has 9 nitrogen and oxygen atoms in total. The predicted octanol–water partition coefficient (Wildman–Crippen LogP) is 4.35. The molecule has 3 N–H and O–H groups in total. The highest BCUT2D eigenvalue weighted by molar-refractivity contribution is 6.01. The average Bonchev–Trinajstić information content (AvgIpc) is 3.48. The average molecular weight is 489 g/mol. The summed E-state index contributed by atoms with van der Waals surface area (Å²) in [6.07, 6.45) is 11.0. The number of anilines is 2. The second kappa shape index (κ2) is 8.87. The van der Waals surface area contributed by atoms with E-state index in [-0.39, 0.29) is 0 Å². The molecule has 0 fully saturated rings. The molecule has 0 bridgehead atoms. The molecule has 0 aliphatic heterocycles. The Morgan fingerprint density at radius 1 is 0.973 bits per heavy atom. The number of hydrogen-bond donors (Lipinski definition) is 2. The molecule has 0 atom stereocenters. The number of imidazole rings is 1. The Kier molecular flexibility index (Phi) is 5.37. The number of carbonyl (C=O) groups excluding carboxylic acids is 1. The topological polar surface area (TPSA) is 117 Å². The smallest absolute Gasteiger partial charge is 0.250 e. The Bertz CT molecular complexity index is 1800. The number of carbonyl (C=O) groups is 1. The van der Waals surface area contributed by atoms with E-state index < -0.39 is 5.91 Å². The highest BCUT2D eigenvalue weighted by Gasteiger charge is 2.17. The molecule has 4 heterocycles. The molecule has 1 amide bonds. The molecule has 0 spiro atoms. The first kappa shape index (κ1) is 22.4. The molecule has 0 saturated heterocycles. The van der Waals surface area contributed by atoms with Gasteiger partial charge in [-0.3, -0.25) is 19.7 Å². The van der Waals surface area contributed by atoms with Crippen LogP contribution in [0.5, 0.6) is 0 Å². The van der Waals surface area contributed by atoms with Crippen LogP contribution in [0, 0.1) is 0 Å². The summed E-state index contributed by atoms with van der Waals surface area (Å²) in [6, 6.07) is 14.0. The fraction of sp³-hybridized carbons (Fsp3) is 0.107. The van der Waals surface area contributed by atoms with Crippen molar-refractivity contribution in [3.8, 4) is 11.1 Å². The van der Waals surface area contributed by atoms with Crippen LogP contribution in [-0.4, -0.2) is 35.0 Å². The third-order valence-corrected chi connectivity index (χ3v) is 6.60. The van der Waals surface area contributed by atoms with Crippen molar-refractivity contribution in [2.45, 2.75) is 6.42 Å². The van der Waals surface area contributed by atoms with Gasteiger partial charge in [-0.05, 0) is 41.3 Å². The molecular formula is C28H24N8O. The number of hydrogen-bond acceptors (Lipinski definition) is 6. The third kappa shape index (κ3) is 4.06. The summed E-state index contributed by atoms with van der Waals surface area (Å²) in [5, 5.41) is 4.60. The van der Waals surface area contributed by atoms with Crippen LogP contribution in [0.25, 0.3) is 33.1 Å². The molecule has 37 heavy (non-hydrogen) atoms. The minimum Gasteiger partial charge on any atom is -0.366 e. The molecule has 6 aromatic rings. The molecule has 2 aromatic carbocycles. The number of rotatable bonds is 6. The van der Waals surface area contributed by atoms with E-state index in [1.165, 1.54) is 0 Å². The molecule has 4 aromatic heterocycles. The SMILES string of the molecule is Cn1cncc1Cc1nccc(C(N)=O)c1Nc1cc(-c2ccc3ccn(C)c3c2)c2nccnc2c1. The van der Waals surface area contributed by atoms with Gasteiger partial charge in [-0.2, -0.15) is 0 Å². The van der Waals surface area contributed by atoms with E-state index in [1.54, 1.807) is 37.2 Å². The van der Waals surface area contributed by atoms with E-state index in [4.69, 9.17) is 5.73 Å². The van der Waals surface area contributed by atoms with Gasteiger partial charge >= 0.3 is 0 Å². The monoisotopic (exact) mass is 488 g/mol. The third-order valence-electron chi connectivity index (χ3n) is 6.60. The Hall–Kier alpha value is -5.05. The number of amides is 1. The molecule has 9 heteroatoms. The highest BCUT2D eigenvalue weighted by Crippen LogP contribution is 2.34. The Morgan fingerprint density at radius 3 is 2.65 bits per heavy atom. The first-order valence-corrected chi connectivity index (χ1v) is 11.8. The molecular weight excluding hydrogens is 464 g/mol. The summed E-state index contributed by atoms with van der Waals surface area (Å²) in [5.41, 5.74) is 13.6. The van der Waals surface area contributed by atoms with Crippen LogP contribution < -0.4 is 11.1 Å². The van der Waals surface area contributed by atoms with Gasteiger partial charge < -0.3 is 20.2 Å². The second-order valence-electron chi connectivity index (χ2n) is 8.99. The van der Waals surface area contributed by atoms with Crippen molar-refractivity contribution in [2.75, 3.05) is 5.32 Å². The number of fused-ring (bicyclic) bond motifs is 2. The van der Waals surface area contributed by atoms with Crippen molar-refractivity contribution >= 4 is 39.2 Å². The van der Waals surface area contributed by atoms with Gasteiger partial charge in [0.1, 0.15) is 0 Å². The zero-order valence-corrected chi connectivity index (χ0v) is 20.4. The maximum absolute atomic E-state index is 12.4. The fourth-order valence-electron chi connectivity index (χ4n) is 4.65. The molecule has 0 aliphatic carbocycles. The van der Waals surface area contributed by atoms with Crippen LogP contribution in [0.1, 0.15) is 21.7 Å². The summed E-state index contributed by atoms with van der Waals surface area (Å²) in [5.74, 6) is -0.536. The largest absolute Gasteiger partial charge is 0.366 e. The van der Waals surface area contributed by atoms with Crippen LogP contribution in [0.3, 0.4) is 0 Å². The summed E-state index contributed by atoms with van der Waals surface area (Å²) >= 11 is 0. The minimum absolute atomic E-state index is 0.359. The lowest BCUT2D eigenvalue weighted by Gasteiger charge is -2.16. The number of nitrogens with two attached hydrogens (primary N) is 1. The Balaban J connectivity index is 1.50. The first-order chi connectivity index (χ1) is 18.0. The number of pyridine rings is 1. The van der Waals surface area contributed by atoms with Gasteiger partial charge in [-0.15, -0.1) is 0 Å². The van der Waals surface area contributed by atoms with Crippen LogP contribution in [0.15, 0.2) is 79.8 Å². The number of aromatic nitrogens is 6. The summed E-state index contributed by atoms with van der Waals surface area (Å²) in [6.45, 7) is 0. The van der Waals surface area contributed by atoms with Gasteiger partial charge in [0.25, 0.3) is 5.91 Å². The maximum Gasteiger partial charge on any atom is 0.250 e. The highest BCUT2D eigenvalue weighted by atomic mass is 16.1. The zero-order chi connectivity index (χ0) is 25.5. The standard InChI is InChI=1S/C28H24N8O/c1-35-10-6-17-3-4-18(11-25(17)35)22-12-19(13-23-26(22)33-9-8-32-23)34-27-21(28(29)37)5-7-31-24(27)14-20-15-30-16-36(20)2/h3-13,15-16,34H,14H2,1-2H3,(H2,29,37). The lowest BCUT2D eigenvalue weighted by atomic mass is 10.0. The molecule has 0 saturated carbocycles. The van der Waals surface area contributed by atoms with Crippen molar-refractivity contribution in [1.29, 1.82) is 0 Å². The van der Waals surface area contributed by atoms with E-state index in [1.807, 2.05) is 37.0 Å². The van der Waals surface area contributed by atoms with Crippen LogP contribution in [0.4, 0.5) is 11.4 Å². The lowest BCUT2D eigenvalue weighted by molar-refractivity contribution is 0.100. The van der Waals surface area contributed by atoms with Gasteiger partial charge in [0.05, 0.1) is 34.3 Å². The Labute approximate surface area is 212 Å². The van der Waals surface area contributed by atoms with Crippen LogP contribution in [-0.2, 0) is 20.5 Å². The van der Waals surface area contributed by atoms with Crippen molar-refractivity contribution in [3.05, 3.63) is 96.7 Å². The van der Waals surface area contributed by atoms with Crippen LogP contribution >= 0.6 is 0 Å². The number of benzene rings is 2. The summed E-state index contributed by atoms with van der Waals surface area (Å²) < 4.78 is 4.01. The molecule has 0 aliphatic rings. The molecule has 6 rings (SSSR count). The first-order valence-electron chi connectivity index (χ1n) is 11.8. The Morgan fingerprint density at radius 2 is 1.84 bits per heavy atom. The van der Waals surface area contributed by atoms with E-state index in [0.717, 1.165) is 44.4 Å². The number of nitrogens with one attached hydrogen (secondary N) is 1. The van der Waals surface area contributed by atoms with Crippen molar-refractivity contribution in [3.63, 3.8) is 0 Å². The maximum atomic E-state index is 12.4. The summed E-state index contributed by atoms with van der Waals surface area (Å²) in [7, 11) is 3.95. The normalized spacial score (nSPS) is 11.3. The van der Waals surface area contributed by atoms with Gasteiger partial charge in [0.2, 0.25) is 0 Å². The van der Waals surface area contributed by atoms with Crippen molar-refractivity contribution < 1.29 is 4.79 Å². The van der Waals surface area contributed by atoms with E-state index in [0.29, 0.717) is 23.4 Å². The number of nitrogens with zero attached hydrogens (tertiary/aromatic N) is 6. The quantitative estimate of drug-likeness (QED) is 0.360. The van der Waals surface area contributed by atoms with Gasteiger partial charge in [-0.25, -0.2) is 4.98 Å². The van der Waals surface area contributed by atoms with Gasteiger partial charge in [-0.1, -0.05) is 12.1 Å². The van der Waals surface area contributed by atoms with Gasteiger partial charge in [0, 0.05) is 74.0 Å². The van der Waals surface area contributed by atoms with Gasteiger partial charge in [0.15, 0.2) is 0 Å². The molecule has 0 radical (unpaired) electrons. The summed E-state index contributed by atoms with van der Waals surface area (Å²) in [4.78, 5) is 30.3. The van der Waals surface area contributed by atoms with E-state index in [9.17, 15) is 4.79 Å². The van der Waals surface area contributed by atoms with E-state index in [2.05, 4.69) is 54.1 Å². The molecule has 182 valence electrons. The minimum atomic E-state index is -0.536. The van der Waals surface area contributed by atoms with Crippen molar-refractivity contribution in [1.82, 2.24) is 29.1 Å². The van der Waals surface area contributed by atoms with E-state index >= 15 is 0 Å². The number of primary amides is 1. The fourth-order valence-corrected chi connectivity index (χ4v) is 4.65. The van der Waals surface area contributed by atoms with Crippen LogP contribution in [0.2, 0.25) is 0 Å². The predicted molar refractivity (Wildman–Crippen MR) is 144 cm³/mol. The zero-order valence-electron chi connectivity index (χ0n) is 20.4. The molecule has 0 unspecified atom stereocenters. The lowest BCUT2D eigenvalue weighted by Crippen LogP contribution is -2.16. The van der Waals surface area contributed by atoms with Crippen molar-refractivity contribution in [2.24, 2.45) is 19.8 Å². The number of aryl methyl sites for hydroxylation is 2. The second-order valence-corrected chi connectivity index (χ2v) is 8.99.